The number of methoxy groups -OCH3 is 1. The zero-order valence-corrected chi connectivity index (χ0v) is 24.8. The summed E-state index contributed by atoms with van der Waals surface area (Å²) in [6.07, 6.45) is -1.50. The van der Waals surface area contributed by atoms with E-state index in [1.54, 1.807) is 32.3 Å². The van der Waals surface area contributed by atoms with Gasteiger partial charge in [-0.3, -0.25) is 9.59 Å². The number of halogens is 4. The van der Waals surface area contributed by atoms with Gasteiger partial charge >= 0.3 is 6.18 Å². The van der Waals surface area contributed by atoms with E-state index in [-0.39, 0.29) is 28.9 Å². The lowest BCUT2D eigenvalue weighted by atomic mass is 9.92. The molecule has 3 rings (SSSR count). The third-order valence-corrected chi connectivity index (χ3v) is 7.18. The number of carbonyl (C=O) groups is 2. The largest absolute Gasteiger partial charge is 0.497 e. The second-order valence-electron chi connectivity index (χ2n) is 9.79. The number of anilines is 1. The van der Waals surface area contributed by atoms with Gasteiger partial charge in [0, 0.05) is 40.8 Å². The molecule has 2 aromatic rings. The lowest BCUT2D eigenvalue weighted by molar-refractivity contribution is -0.171. The van der Waals surface area contributed by atoms with Crippen LogP contribution in [0.2, 0.25) is 5.15 Å². The molecule has 1 atom stereocenters. The van der Waals surface area contributed by atoms with Crippen LogP contribution in [0.25, 0.3) is 0 Å². The smallest absolute Gasteiger partial charge is 0.404 e. The molecule has 2 amide bonds. The van der Waals surface area contributed by atoms with Crippen molar-refractivity contribution < 1.29 is 27.5 Å². The summed E-state index contributed by atoms with van der Waals surface area (Å²) >= 11 is 6.25. The van der Waals surface area contributed by atoms with E-state index in [0.29, 0.717) is 23.7 Å². The molecule has 0 aliphatic carbocycles. The van der Waals surface area contributed by atoms with Gasteiger partial charge in [0.1, 0.15) is 16.7 Å². The van der Waals surface area contributed by atoms with Crippen LogP contribution in [0.1, 0.15) is 61.4 Å². The Morgan fingerprint density at radius 2 is 1.77 bits per heavy atom. The number of piperidine rings is 1. The molecular formula is C29H40ClF3N4O3. The first-order valence-corrected chi connectivity index (χ1v) is 13.9. The maximum absolute atomic E-state index is 13.8. The van der Waals surface area contributed by atoms with Crippen molar-refractivity contribution in [3.63, 3.8) is 0 Å². The standard InChI is InChI=1S/C27H34ClF3N4O3.C2H6/c1-33(2)25(36)21-10-11-22(32-24(21)28)35-15-12-18(13-16-35)7-6-14-34(3)26(37)23(27(29,30)31)19-8-5-9-20(17-19)38-4;1-2/h5,8-11,17-18,23H,6-7,12-16H2,1-4H3;1-2H3. The number of nitrogens with zero attached hydrogens (tertiary/aromatic N) is 4. The van der Waals surface area contributed by atoms with E-state index in [4.69, 9.17) is 16.3 Å². The molecule has 40 heavy (non-hydrogen) atoms. The number of carbonyl (C=O) groups excluding carboxylic acids is 2. The zero-order chi connectivity index (χ0) is 30.0. The second-order valence-corrected chi connectivity index (χ2v) is 10.1. The predicted octanol–water partition coefficient (Wildman–Crippen LogP) is 6.27. The van der Waals surface area contributed by atoms with Crippen molar-refractivity contribution in [2.24, 2.45) is 5.92 Å². The summed E-state index contributed by atoms with van der Waals surface area (Å²) in [6.45, 7) is 5.76. The van der Waals surface area contributed by atoms with E-state index in [2.05, 4.69) is 9.88 Å². The van der Waals surface area contributed by atoms with Crippen LogP contribution in [0.15, 0.2) is 36.4 Å². The normalized spacial score (nSPS) is 14.6. The molecule has 1 aromatic heterocycles. The molecule has 1 fully saturated rings. The Hall–Kier alpha value is -3.01. The molecule has 2 heterocycles. The predicted molar refractivity (Wildman–Crippen MR) is 152 cm³/mol. The van der Waals surface area contributed by atoms with Crippen molar-refractivity contribution in [3.8, 4) is 5.75 Å². The molecule has 0 saturated carbocycles. The van der Waals surface area contributed by atoms with Gasteiger partial charge < -0.3 is 19.4 Å². The van der Waals surface area contributed by atoms with Gasteiger partial charge in [-0.05, 0) is 61.4 Å². The van der Waals surface area contributed by atoms with Gasteiger partial charge in [0.05, 0.1) is 12.7 Å². The molecular weight excluding hydrogens is 545 g/mol. The molecule has 0 spiro atoms. The highest BCUT2D eigenvalue weighted by Crippen LogP contribution is 2.37. The van der Waals surface area contributed by atoms with Crippen LogP contribution in [0.3, 0.4) is 0 Å². The third kappa shape index (κ3) is 8.74. The van der Waals surface area contributed by atoms with Crippen LogP contribution in [-0.2, 0) is 4.79 Å². The van der Waals surface area contributed by atoms with Gasteiger partial charge in [-0.15, -0.1) is 0 Å². The van der Waals surface area contributed by atoms with Gasteiger partial charge in [0.15, 0.2) is 5.92 Å². The van der Waals surface area contributed by atoms with Crippen LogP contribution >= 0.6 is 11.6 Å². The number of likely N-dealkylation sites (N-methyl/N-ethyl adjacent to an activating group) is 1. The molecule has 7 nitrogen and oxygen atoms in total. The van der Waals surface area contributed by atoms with Gasteiger partial charge in [-0.1, -0.05) is 37.6 Å². The van der Waals surface area contributed by atoms with Crippen LogP contribution in [0.5, 0.6) is 5.75 Å². The van der Waals surface area contributed by atoms with Gasteiger partial charge in [-0.2, -0.15) is 13.2 Å². The number of hydrogen-bond acceptors (Lipinski definition) is 5. The Morgan fingerprint density at radius 1 is 1.12 bits per heavy atom. The van der Waals surface area contributed by atoms with E-state index in [1.807, 2.05) is 13.8 Å². The molecule has 1 aliphatic heterocycles. The highest BCUT2D eigenvalue weighted by atomic mass is 35.5. The van der Waals surface area contributed by atoms with Crippen LogP contribution in [-0.4, -0.2) is 80.7 Å². The number of rotatable bonds is 9. The van der Waals surface area contributed by atoms with Crippen LogP contribution in [0.4, 0.5) is 19.0 Å². The van der Waals surface area contributed by atoms with Gasteiger partial charge in [-0.25, -0.2) is 4.98 Å². The van der Waals surface area contributed by atoms with Crippen molar-refractivity contribution in [2.45, 2.75) is 51.6 Å². The maximum atomic E-state index is 13.8. The fraction of sp³-hybridized carbons (Fsp3) is 0.552. The van der Waals surface area contributed by atoms with Gasteiger partial charge in [0.25, 0.3) is 5.91 Å². The summed E-state index contributed by atoms with van der Waals surface area (Å²) in [4.78, 5) is 34.1. The fourth-order valence-electron chi connectivity index (χ4n) is 4.69. The highest BCUT2D eigenvalue weighted by Gasteiger charge is 2.47. The Bertz CT molecular complexity index is 1120. The van der Waals surface area contributed by atoms with E-state index in [9.17, 15) is 22.8 Å². The summed E-state index contributed by atoms with van der Waals surface area (Å²) in [7, 11) is 6.10. The number of hydrogen-bond donors (Lipinski definition) is 0. The van der Waals surface area contributed by atoms with Gasteiger partial charge in [0.2, 0.25) is 5.91 Å². The molecule has 1 saturated heterocycles. The summed E-state index contributed by atoms with van der Waals surface area (Å²) in [5.41, 5.74) is 0.224. The number of pyridine rings is 1. The summed E-state index contributed by atoms with van der Waals surface area (Å²) in [5, 5.41) is 0.169. The summed E-state index contributed by atoms with van der Waals surface area (Å²) in [6, 6.07) is 9.04. The SMILES string of the molecule is CC.COc1cccc(C(C(=O)N(C)CCCC2CCN(c3ccc(C(=O)N(C)C)c(Cl)n3)CC2)C(F)(F)F)c1. The Morgan fingerprint density at radius 3 is 2.33 bits per heavy atom. The minimum Gasteiger partial charge on any atom is -0.497 e. The molecule has 222 valence electrons. The molecule has 0 radical (unpaired) electrons. The monoisotopic (exact) mass is 584 g/mol. The van der Waals surface area contributed by atoms with E-state index < -0.39 is 18.0 Å². The average Bonchev–Trinajstić information content (AvgIpc) is 2.93. The minimum atomic E-state index is -4.71. The van der Waals surface area contributed by atoms with E-state index in [0.717, 1.165) is 32.4 Å². The Balaban J connectivity index is 0.00000274. The average molecular weight is 585 g/mol. The number of aromatic nitrogens is 1. The highest BCUT2D eigenvalue weighted by molar-refractivity contribution is 6.32. The molecule has 1 unspecified atom stereocenters. The second kappa shape index (κ2) is 15.1. The first-order valence-electron chi connectivity index (χ1n) is 13.5. The molecule has 0 bridgehead atoms. The zero-order valence-electron chi connectivity index (χ0n) is 24.1. The molecule has 1 aromatic carbocycles. The van der Waals surface area contributed by atoms with Crippen LogP contribution in [0, 0.1) is 5.92 Å². The number of alkyl halides is 3. The molecule has 0 N–H and O–H groups in total. The summed E-state index contributed by atoms with van der Waals surface area (Å²) in [5.74, 6) is -2.03. The molecule has 11 heteroatoms. The topological polar surface area (TPSA) is 66.0 Å². The molecule has 1 aliphatic rings. The Labute approximate surface area is 240 Å². The Kier molecular flexibility index (Phi) is 12.5. The first kappa shape index (κ1) is 33.2. The summed E-state index contributed by atoms with van der Waals surface area (Å²) < 4.78 is 46.5. The number of ether oxygens (including phenoxy) is 1. The maximum Gasteiger partial charge on any atom is 0.404 e. The van der Waals surface area contributed by atoms with Crippen molar-refractivity contribution in [1.29, 1.82) is 0 Å². The van der Waals surface area contributed by atoms with Crippen LogP contribution < -0.4 is 9.64 Å². The third-order valence-electron chi connectivity index (χ3n) is 6.89. The van der Waals surface area contributed by atoms with E-state index in [1.165, 1.54) is 42.2 Å². The first-order chi connectivity index (χ1) is 18.9. The van der Waals surface area contributed by atoms with Crippen molar-refractivity contribution in [3.05, 3.63) is 52.7 Å². The number of benzene rings is 1. The van der Waals surface area contributed by atoms with E-state index >= 15 is 0 Å². The number of amides is 2. The van der Waals surface area contributed by atoms with Crippen molar-refractivity contribution in [1.82, 2.24) is 14.8 Å². The van der Waals surface area contributed by atoms with Crippen molar-refractivity contribution >= 4 is 29.2 Å². The van der Waals surface area contributed by atoms with Crippen molar-refractivity contribution in [2.75, 3.05) is 52.8 Å². The lowest BCUT2D eigenvalue weighted by Gasteiger charge is -2.33. The fourth-order valence-corrected chi connectivity index (χ4v) is 4.92. The quantitative estimate of drug-likeness (QED) is 0.325. The lowest BCUT2D eigenvalue weighted by Crippen LogP contribution is -2.39. The minimum absolute atomic E-state index is 0.131.